The average molecular weight is 262 g/mol. The highest BCUT2D eigenvalue weighted by Gasteiger charge is 2.08. The molecule has 0 fully saturated rings. The van der Waals surface area contributed by atoms with Gasteiger partial charge < -0.3 is 9.88 Å². The van der Waals surface area contributed by atoms with E-state index >= 15 is 0 Å². The zero-order valence-electron chi connectivity index (χ0n) is 10.3. The lowest BCUT2D eigenvalue weighted by Crippen LogP contribution is -2.11. The highest BCUT2D eigenvalue weighted by Crippen LogP contribution is 2.20. The van der Waals surface area contributed by atoms with Gasteiger partial charge in [-0.05, 0) is 24.6 Å². The van der Waals surface area contributed by atoms with Crippen LogP contribution < -0.4 is 5.32 Å². The first-order valence-electron chi connectivity index (χ1n) is 5.84. The van der Waals surface area contributed by atoms with Crippen molar-refractivity contribution >= 4 is 17.5 Å². The molecule has 0 saturated carbocycles. The molecule has 0 saturated heterocycles. The van der Waals surface area contributed by atoms with E-state index in [2.05, 4.69) is 23.8 Å². The molecule has 0 amide bonds. The molecule has 1 aromatic heterocycles. The number of rotatable bonds is 5. The van der Waals surface area contributed by atoms with E-state index in [0.717, 1.165) is 17.5 Å². The normalized spacial score (nSPS) is 12.1. The van der Waals surface area contributed by atoms with E-state index in [1.165, 1.54) is 5.56 Å². The van der Waals surface area contributed by atoms with Gasteiger partial charge in [0, 0.05) is 24.0 Å². The minimum absolute atomic E-state index is 0.174. The molecule has 18 heavy (non-hydrogen) atoms. The first kappa shape index (κ1) is 12.7. The molecule has 1 unspecified atom stereocenters. The van der Waals surface area contributed by atoms with Gasteiger partial charge in [-0.1, -0.05) is 29.8 Å². The third kappa shape index (κ3) is 2.93. The smallest absolute Gasteiger partial charge is 0.203 e. The van der Waals surface area contributed by atoms with Crippen LogP contribution in [-0.4, -0.2) is 9.55 Å². The SMILES string of the molecule is C=CCn1ccnc1NC(C)c1ccc(Cl)cc1. The van der Waals surface area contributed by atoms with Crippen molar-refractivity contribution in [2.75, 3.05) is 5.32 Å². The van der Waals surface area contributed by atoms with Crippen molar-refractivity contribution in [1.82, 2.24) is 9.55 Å². The first-order valence-corrected chi connectivity index (χ1v) is 6.22. The lowest BCUT2D eigenvalue weighted by Gasteiger charge is -2.16. The summed E-state index contributed by atoms with van der Waals surface area (Å²) in [4.78, 5) is 4.30. The zero-order valence-corrected chi connectivity index (χ0v) is 11.1. The van der Waals surface area contributed by atoms with Gasteiger partial charge in [0.1, 0.15) is 0 Å². The third-order valence-corrected chi connectivity index (χ3v) is 3.01. The molecule has 0 spiro atoms. The van der Waals surface area contributed by atoms with Crippen molar-refractivity contribution in [3.05, 3.63) is 59.9 Å². The molecule has 94 valence electrons. The van der Waals surface area contributed by atoms with Crippen molar-refractivity contribution < 1.29 is 0 Å². The summed E-state index contributed by atoms with van der Waals surface area (Å²) >= 11 is 5.88. The zero-order chi connectivity index (χ0) is 13.0. The molecule has 3 nitrogen and oxygen atoms in total. The Labute approximate surface area is 112 Å². The Hall–Kier alpha value is -1.74. The highest BCUT2D eigenvalue weighted by molar-refractivity contribution is 6.30. The standard InChI is InChI=1S/C14H16ClN3/c1-3-9-18-10-8-16-14(18)17-11(2)12-4-6-13(15)7-5-12/h3-8,10-11H,1,9H2,2H3,(H,16,17). The molecule has 1 aromatic carbocycles. The second-order valence-electron chi connectivity index (χ2n) is 4.11. The Morgan fingerprint density at radius 2 is 2.17 bits per heavy atom. The van der Waals surface area contributed by atoms with Gasteiger partial charge in [-0.2, -0.15) is 0 Å². The van der Waals surface area contributed by atoms with Crippen LogP contribution in [0.5, 0.6) is 0 Å². The number of benzene rings is 1. The van der Waals surface area contributed by atoms with E-state index in [-0.39, 0.29) is 6.04 Å². The average Bonchev–Trinajstić information content (AvgIpc) is 2.78. The van der Waals surface area contributed by atoms with Gasteiger partial charge in [-0.3, -0.25) is 0 Å². The molecule has 0 aliphatic carbocycles. The fraction of sp³-hybridized carbons (Fsp3) is 0.214. The molecule has 1 N–H and O–H groups in total. The lowest BCUT2D eigenvalue weighted by molar-refractivity contribution is 0.784. The number of nitrogens with zero attached hydrogens (tertiary/aromatic N) is 2. The van der Waals surface area contributed by atoms with Gasteiger partial charge in [0.2, 0.25) is 5.95 Å². The molecule has 1 heterocycles. The largest absolute Gasteiger partial charge is 0.349 e. The molecule has 2 aromatic rings. The molecule has 1 atom stereocenters. The van der Waals surface area contributed by atoms with Gasteiger partial charge in [-0.15, -0.1) is 6.58 Å². The lowest BCUT2D eigenvalue weighted by atomic mass is 10.1. The van der Waals surface area contributed by atoms with Crippen LogP contribution in [-0.2, 0) is 6.54 Å². The Bertz CT molecular complexity index is 516. The number of hydrogen-bond donors (Lipinski definition) is 1. The molecule has 0 radical (unpaired) electrons. The Morgan fingerprint density at radius 1 is 1.44 bits per heavy atom. The summed E-state index contributed by atoms with van der Waals surface area (Å²) in [5.74, 6) is 0.845. The van der Waals surface area contributed by atoms with Crippen LogP contribution in [0, 0.1) is 0 Å². The van der Waals surface area contributed by atoms with Crippen molar-refractivity contribution in [2.24, 2.45) is 0 Å². The van der Waals surface area contributed by atoms with E-state index in [9.17, 15) is 0 Å². The number of hydrogen-bond acceptors (Lipinski definition) is 2. The van der Waals surface area contributed by atoms with E-state index < -0.39 is 0 Å². The van der Waals surface area contributed by atoms with Crippen molar-refractivity contribution in [3.8, 4) is 0 Å². The second kappa shape index (κ2) is 5.74. The van der Waals surface area contributed by atoms with Crippen LogP contribution in [0.3, 0.4) is 0 Å². The number of aromatic nitrogens is 2. The predicted molar refractivity (Wildman–Crippen MR) is 75.9 cm³/mol. The summed E-state index contributed by atoms with van der Waals surface area (Å²) in [6.07, 6.45) is 5.55. The van der Waals surface area contributed by atoms with Crippen LogP contribution in [0.25, 0.3) is 0 Å². The number of anilines is 1. The maximum absolute atomic E-state index is 5.88. The molecule has 0 aliphatic rings. The summed E-state index contributed by atoms with van der Waals surface area (Å²) < 4.78 is 2.01. The topological polar surface area (TPSA) is 29.9 Å². The summed E-state index contributed by atoms with van der Waals surface area (Å²) in [7, 11) is 0. The minimum atomic E-state index is 0.174. The molecule has 4 heteroatoms. The van der Waals surface area contributed by atoms with E-state index in [4.69, 9.17) is 11.6 Å². The Kier molecular flexibility index (Phi) is 4.05. The Morgan fingerprint density at radius 3 is 2.83 bits per heavy atom. The van der Waals surface area contributed by atoms with Crippen LogP contribution in [0.1, 0.15) is 18.5 Å². The minimum Gasteiger partial charge on any atom is -0.349 e. The second-order valence-corrected chi connectivity index (χ2v) is 4.55. The molecule has 0 bridgehead atoms. The van der Waals surface area contributed by atoms with Gasteiger partial charge >= 0.3 is 0 Å². The van der Waals surface area contributed by atoms with Gasteiger partial charge in [-0.25, -0.2) is 4.98 Å². The summed E-state index contributed by atoms with van der Waals surface area (Å²) in [6.45, 7) is 6.57. The van der Waals surface area contributed by atoms with Crippen molar-refractivity contribution in [1.29, 1.82) is 0 Å². The number of nitrogens with one attached hydrogen (secondary N) is 1. The number of imidazole rings is 1. The summed E-state index contributed by atoms with van der Waals surface area (Å²) in [5.41, 5.74) is 1.17. The maximum Gasteiger partial charge on any atom is 0.203 e. The molecular weight excluding hydrogens is 246 g/mol. The fourth-order valence-electron chi connectivity index (χ4n) is 1.76. The highest BCUT2D eigenvalue weighted by atomic mass is 35.5. The van der Waals surface area contributed by atoms with Crippen LogP contribution in [0.15, 0.2) is 49.3 Å². The van der Waals surface area contributed by atoms with Gasteiger partial charge in [0.05, 0.1) is 6.04 Å². The van der Waals surface area contributed by atoms with Crippen molar-refractivity contribution in [3.63, 3.8) is 0 Å². The van der Waals surface area contributed by atoms with Crippen LogP contribution >= 0.6 is 11.6 Å². The predicted octanol–water partition coefficient (Wildman–Crippen LogP) is 3.90. The number of halogens is 1. The maximum atomic E-state index is 5.88. The third-order valence-electron chi connectivity index (χ3n) is 2.76. The van der Waals surface area contributed by atoms with Crippen LogP contribution in [0.2, 0.25) is 5.02 Å². The first-order chi connectivity index (χ1) is 8.70. The summed E-state index contributed by atoms with van der Waals surface area (Å²) in [5, 5.41) is 4.12. The quantitative estimate of drug-likeness (QED) is 0.828. The van der Waals surface area contributed by atoms with Gasteiger partial charge in [0.25, 0.3) is 0 Å². The van der Waals surface area contributed by atoms with E-state index in [0.29, 0.717) is 0 Å². The molecule has 2 rings (SSSR count). The van der Waals surface area contributed by atoms with Crippen LogP contribution in [0.4, 0.5) is 5.95 Å². The molecular formula is C14H16ClN3. The fourth-order valence-corrected chi connectivity index (χ4v) is 1.89. The summed E-state index contributed by atoms with van der Waals surface area (Å²) in [6, 6.07) is 7.99. The monoisotopic (exact) mass is 261 g/mol. The van der Waals surface area contributed by atoms with E-state index in [1.54, 1.807) is 6.20 Å². The van der Waals surface area contributed by atoms with Crippen molar-refractivity contribution in [2.45, 2.75) is 19.5 Å². The van der Waals surface area contributed by atoms with E-state index in [1.807, 2.05) is 41.1 Å². The number of allylic oxidation sites excluding steroid dienone is 1. The molecule has 0 aliphatic heterocycles. The van der Waals surface area contributed by atoms with Gasteiger partial charge in [0.15, 0.2) is 0 Å². The Balaban J connectivity index is 2.10.